The Morgan fingerprint density at radius 2 is 1.46 bits per heavy atom. The zero-order valence-corrected chi connectivity index (χ0v) is 14.9. The van der Waals surface area contributed by atoms with E-state index in [1.165, 1.54) is 6.07 Å². The molecule has 137 valence electrons. The summed E-state index contributed by atoms with van der Waals surface area (Å²) in [6, 6.07) is 28.1. The van der Waals surface area contributed by atoms with Crippen molar-refractivity contribution in [3.63, 3.8) is 0 Å². The number of nitrogens with two attached hydrogens (primary N) is 1. The molecule has 0 aliphatic heterocycles. The van der Waals surface area contributed by atoms with E-state index in [1.807, 2.05) is 66.7 Å². The molecule has 2 nitrogen and oxygen atoms in total. The molecule has 0 aliphatic carbocycles. The predicted octanol–water partition coefficient (Wildman–Crippen LogP) is 6.42. The van der Waals surface area contributed by atoms with Gasteiger partial charge in [0.05, 0.1) is 0 Å². The van der Waals surface area contributed by atoms with E-state index >= 15 is 0 Å². The minimum atomic E-state index is -0.883. The van der Waals surface area contributed by atoms with Gasteiger partial charge >= 0.3 is 0 Å². The van der Waals surface area contributed by atoms with Crippen molar-refractivity contribution in [2.45, 2.75) is 0 Å². The van der Waals surface area contributed by atoms with Crippen LogP contribution in [-0.2, 0) is 0 Å². The highest BCUT2D eigenvalue weighted by Crippen LogP contribution is 2.35. The molecule has 1 radical (unpaired) electrons. The summed E-state index contributed by atoms with van der Waals surface area (Å²) < 4.78 is 26.4. The van der Waals surface area contributed by atoms with Gasteiger partial charge in [0.2, 0.25) is 0 Å². The molecule has 0 amide bonds. The number of anilines is 3. The van der Waals surface area contributed by atoms with Crippen LogP contribution in [0.4, 0.5) is 25.8 Å². The fourth-order valence-electron chi connectivity index (χ4n) is 3.12. The van der Waals surface area contributed by atoms with Crippen LogP contribution in [-0.4, -0.2) is 0 Å². The summed E-state index contributed by atoms with van der Waals surface area (Å²) in [7, 11) is 0. The van der Waals surface area contributed by atoms with E-state index < -0.39 is 11.6 Å². The first-order valence-corrected chi connectivity index (χ1v) is 8.79. The van der Waals surface area contributed by atoms with E-state index in [0.29, 0.717) is 11.4 Å². The van der Waals surface area contributed by atoms with Crippen molar-refractivity contribution < 1.29 is 8.78 Å². The molecule has 0 fully saturated rings. The van der Waals surface area contributed by atoms with Gasteiger partial charge in [-0.1, -0.05) is 42.5 Å². The van der Waals surface area contributed by atoms with E-state index in [-0.39, 0.29) is 0 Å². The molecule has 0 bridgehead atoms. The van der Waals surface area contributed by atoms with Gasteiger partial charge in [-0.3, -0.25) is 0 Å². The van der Waals surface area contributed by atoms with Gasteiger partial charge in [-0.2, -0.15) is 0 Å². The number of hydrogen-bond donors (Lipinski definition) is 2. The maximum atomic E-state index is 13.4. The summed E-state index contributed by atoms with van der Waals surface area (Å²) in [6.07, 6.45) is 0. The molecular formula is C24H17F2N2. The first kappa shape index (κ1) is 17.7. The van der Waals surface area contributed by atoms with E-state index in [1.54, 1.807) is 0 Å². The zero-order valence-electron chi connectivity index (χ0n) is 14.9. The average molecular weight is 371 g/mol. The van der Waals surface area contributed by atoms with Crippen LogP contribution in [0.15, 0.2) is 84.9 Å². The van der Waals surface area contributed by atoms with E-state index in [0.717, 1.165) is 40.1 Å². The maximum Gasteiger partial charge on any atom is 0.160 e. The Labute approximate surface area is 162 Å². The average Bonchev–Trinajstić information content (AvgIpc) is 2.72. The summed E-state index contributed by atoms with van der Waals surface area (Å²) in [5, 5.41) is 3.07. The first-order valence-electron chi connectivity index (χ1n) is 8.79. The molecular weight excluding hydrogens is 354 g/mol. The molecule has 0 atom stereocenters. The van der Waals surface area contributed by atoms with Crippen LogP contribution in [0.5, 0.6) is 0 Å². The second-order valence-corrected chi connectivity index (χ2v) is 6.39. The van der Waals surface area contributed by atoms with Crippen LogP contribution in [0.2, 0.25) is 0 Å². The molecule has 0 unspecified atom stereocenters. The molecule has 4 rings (SSSR count). The third-order valence-electron chi connectivity index (χ3n) is 4.52. The molecule has 4 heteroatoms. The number of para-hydroxylation sites is 1. The molecule has 0 heterocycles. The SMILES string of the molecule is Nc1ccccc1-c1cc[c]cc1-c1ccc(Nc2ccc(F)c(F)c2)cc1. The van der Waals surface area contributed by atoms with Crippen LogP contribution < -0.4 is 11.1 Å². The quantitative estimate of drug-likeness (QED) is 0.406. The third-order valence-corrected chi connectivity index (χ3v) is 4.52. The van der Waals surface area contributed by atoms with Gasteiger partial charge in [0.15, 0.2) is 11.6 Å². The Kier molecular flexibility index (Phi) is 4.77. The number of halogens is 2. The van der Waals surface area contributed by atoms with Crippen molar-refractivity contribution >= 4 is 17.1 Å². The molecule has 0 aliphatic rings. The van der Waals surface area contributed by atoms with Crippen LogP contribution in [0.25, 0.3) is 22.3 Å². The summed E-state index contributed by atoms with van der Waals surface area (Å²) in [5.74, 6) is -1.75. The van der Waals surface area contributed by atoms with Gasteiger partial charge in [0, 0.05) is 28.7 Å². The number of nitrogen functional groups attached to an aromatic ring is 1. The highest BCUT2D eigenvalue weighted by Gasteiger charge is 2.09. The fraction of sp³-hybridized carbons (Fsp3) is 0. The Morgan fingerprint density at radius 1 is 0.714 bits per heavy atom. The Bertz CT molecular complexity index is 1120. The van der Waals surface area contributed by atoms with Gasteiger partial charge in [-0.25, -0.2) is 8.78 Å². The van der Waals surface area contributed by atoms with Crippen molar-refractivity contribution in [1.82, 2.24) is 0 Å². The van der Waals surface area contributed by atoms with Crippen molar-refractivity contribution in [2.24, 2.45) is 0 Å². The monoisotopic (exact) mass is 371 g/mol. The highest BCUT2D eigenvalue weighted by atomic mass is 19.2. The number of nitrogens with one attached hydrogen (secondary N) is 1. The maximum absolute atomic E-state index is 13.4. The lowest BCUT2D eigenvalue weighted by Crippen LogP contribution is -1.93. The lowest BCUT2D eigenvalue weighted by atomic mass is 9.93. The van der Waals surface area contributed by atoms with E-state index in [2.05, 4.69) is 11.4 Å². The second kappa shape index (κ2) is 7.53. The Hall–Kier alpha value is -3.66. The van der Waals surface area contributed by atoms with Crippen molar-refractivity contribution in [3.05, 3.63) is 103 Å². The smallest absolute Gasteiger partial charge is 0.160 e. The molecule has 0 saturated carbocycles. The topological polar surface area (TPSA) is 38.0 Å². The van der Waals surface area contributed by atoms with Crippen LogP contribution in [0, 0.1) is 17.7 Å². The fourth-order valence-corrected chi connectivity index (χ4v) is 3.12. The Morgan fingerprint density at radius 3 is 2.21 bits per heavy atom. The van der Waals surface area contributed by atoms with E-state index in [4.69, 9.17) is 5.73 Å². The van der Waals surface area contributed by atoms with E-state index in [9.17, 15) is 8.78 Å². The summed E-state index contributed by atoms with van der Waals surface area (Å²) in [5.41, 5.74) is 12.1. The van der Waals surface area contributed by atoms with Crippen molar-refractivity contribution in [2.75, 3.05) is 11.1 Å². The molecule has 0 spiro atoms. The van der Waals surface area contributed by atoms with Gasteiger partial charge in [0.25, 0.3) is 0 Å². The van der Waals surface area contributed by atoms with Gasteiger partial charge in [0.1, 0.15) is 0 Å². The lowest BCUT2D eigenvalue weighted by Gasteiger charge is -2.13. The molecule has 3 N–H and O–H groups in total. The molecule has 28 heavy (non-hydrogen) atoms. The van der Waals surface area contributed by atoms with Gasteiger partial charge < -0.3 is 11.1 Å². The molecule has 4 aromatic rings. The third kappa shape index (κ3) is 3.58. The minimum absolute atomic E-state index is 0.484. The van der Waals surface area contributed by atoms with Crippen molar-refractivity contribution in [1.29, 1.82) is 0 Å². The normalized spacial score (nSPS) is 10.6. The highest BCUT2D eigenvalue weighted by molar-refractivity contribution is 5.88. The molecule has 0 saturated heterocycles. The summed E-state index contributed by atoms with van der Waals surface area (Å²) >= 11 is 0. The molecule has 4 aromatic carbocycles. The second-order valence-electron chi connectivity index (χ2n) is 6.39. The number of hydrogen-bond acceptors (Lipinski definition) is 2. The lowest BCUT2D eigenvalue weighted by molar-refractivity contribution is 0.509. The number of benzene rings is 4. The Balaban J connectivity index is 1.65. The summed E-state index contributed by atoms with van der Waals surface area (Å²) in [6.45, 7) is 0. The largest absolute Gasteiger partial charge is 0.398 e. The van der Waals surface area contributed by atoms with Crippen LogP contribution in [0.1, 0.15) is 0 Å². The zero-order chi connectivity index (χ0) is 19.5. The van der Waals surface area contributed by atoms with Gasteiger partial charge in [-0.05, 0) is 59.2 Å². The first-order chi connectivity index (χ1) is 13.6. The number of rotatable bonds is 4. The molecule has 0 aromatic heterocycles. The minimum Gasteiger partial charge on any atom is -0.398 e. The predicted molar refractivity (Wildman–Crippen MR) is 110 cm³/mol. The van der Waals surface area contributed by atoms with Crippen LogP contribution >= 0.6 is 0 Å². The van der Waals surface area contributed by atoms with Crippen LogP contribution in [0.3, 0.4) is 0 Å². The van der Waals surface area contributed by atoms with Crippen molar-refractivity contribution in [3.8, 4) is 22.3 Å². The summed E-state index contributed by atoms with van der Waals surface area (Å²) in [4.78, 5) is 0. The van der Waals surface area contributed by atoms with Gasteiger partial charge in [-0.15, -0.1) is 0 Å². The standard InChI is InChI=1S/C24H17F2N2/c25-22-14-13-18(15-23(22)26)28-17-11-9-16(10-12-17)19-5-1-2-6-20(19)21-7-3-4-8-24(21)27/h2-15,28H,27H2.